The molecule has 6 nitrogen and oxygen atoms in total. The lowest BCUT2D eigenvalue weighted by Crippen LogP contribution is -2.46. The maximum absolute atomic E-state index is 12.3. The van der Waals surface area contributed by atoms with Crippen molar-refractivity contribution in [3.8, 4) is 5.75 Å². The van der Waals surface area contributed by atoms with E-state index in [-0.39, 0.29) is 11.3 Å². The summed E-state index contributed by atoms with van der Waals surface area (Å²) in [5.74, 6) is 0.288. The summed E-state index contributed by atoms with van der Waals surface area (Å²) >= 11 is 0. The maximum Gasteiger partial charge on any atom is 0.258 e. The minimum Gasteiger partial charge on any atom is -0.508 e. The second-order valence-electron chi connectivity index (χ2n) is 6.75. The van der Waals surface area contributed by atoms with Crippen LogP contribution in [0.3, 0.4) is 0 Å². The van der Waals surface area contributed by atoms with Crippen LogP contribution in [-0.2, 0) is 6.54 Å². The topological polar surface area (TPSA) is 61.1 Å². The summed E-state index contributed by atoms with van der Waals surface area (Å²) in [6.45, 7) is 6.31. The van der Waals surface area contributed by atoms with Crippen LogP contribution in [0.1, 0.15) is 11.3 Å². The summed E-state index contributed by atoms with van der Waals surface area (Å²) < 4.78 is 1.60. The molecule has 0 saturated carbocycles. The van der Waals surface area contributed by atoms with Gasteiger partial charge in [0.1, 0.15) is 11.4 Å². The molecule has 26 heavy (non-hydrogen) atoms. The number of nitrogens with zero attached hydrogens (tertiary/aromatic N) is 4. The molecule has 0 aliphatic carbocycles. The zero-order chi connectivity index (χ0) is 18.1. The molecule has 1 aliphatic rings. The molecule has 134 valence electrons. The van der Waals surface area contributed by atoms with Crippen molar-refractivity contribution in [2.24, 2.45) is 0 Å². The molecule has 6 heteroatoms. The van der Waals surface area contributed by atoms with Gasteiger partial charge in [-0.25, -0.2) is 4.98 Å². The number of hydrogen-bond acceptors (Lipinski definition) is 5. The molecule has 0 atom stereocenters. The number of phenolic OH excluding ortho intramolecular Hbond substituents is 1. The van der Waals surface area contributed by atoms with Crippen molar-refractivity contribution in [2.75, 3.05) is 31.1 Å². The fourth-order valence-corrected chi connectivity index (χ4v) is 3.45. The molecule has 4 rings (SSSR count). The van der Waals surface area contributed by atoms with Gasteiger partial charge in [-0.15, -0.1) is 0 Å². The minimum atomic E-state index is -0.0311. The molecule has 0 unspecified atom stereocenters. The van der Waals surface area contributed by atoms with Crippen LogP contribution in [0, 0.1) is 6.92 Å². The molecule has 1 fully saturated rings. The Balaban J connectivity index is 1.46. The molecule has 1 saturated heterocycles. The Hall–Kier alpha value is -2.86. The Bertz CT molecular complexity index is 973. The molecule has 0 bridgehead atoms. The number of aryl methyl sites for hydroxylation is 1. The number of rotatable bonds is 3. The molecule has 3 aromatic rings. The van der Waals surface area contributed by atoms with Crippen LogP contribution in [0.2, 0.25) is 0 Å². The highest BCUT2D eigenvalue weighted by Crippen LogP contribution is 2.20. The number of pyridine rings is 1. The number of aromatic hydroxyl groups is 1. The van der Waals surface area contributed by atoms with E-state index in [0.29, 0.717) is 6.54 Å². The van der Waals surface area contributed by atoms with Crippen LogP contribution in [-0.4, -0.2) is 45.6 Å². The van der Waals surface area contributed by atoms with Crippen LogP contribution >= 0.6 is 0 Å². The summed E-state index contributed by atoms with van der Waals surface area (Å²) in [6, 6.07) is 12.8. The number of benzene rings is 1. The highest BCUT2D eigenvalue weighted by molar-refractivity contribution is 5.49. The molecule has 0 radical (unpaired) electrons. The van der Waals surface area contributed by atoms with Gasteiger partial charge in [-0.05, 0) is 42.8 Å². The first kappa shape index (κ1) is 16.6. The van der Waals surface area contributed by atoms with E-state index in [0.717, 1.165) is 48.8 Å². The van der Waals surface area contributed by atoms with Crippen LogP contribution in [0.15, 0.2) is 53.5 Å². The third-order valence-corrected chi connectivity index (χ3v) is 4.91. The van der Waals surface area contributed by atoms with Crippen molar-refractivity contribution >= 4 is 11.3 Å². The van der Waals surface area contributed by atoms with E-state index in [4.69, 9.17) is 4.98 Å². The molecular weight excluding hydrogens is 328 g/mol. The molecule has 0 spiro atoms. The molecule has 3 heterocycles. The SMILES string of the molecule is Cc1cccn2c(=O)cc(CN3CCN(c4ccc(O)cc4)CC3)nc12. The third-order valence-electron chi connectivity index (χ3n) is 4.91. The van der Waals surface area contributed by atoms with E-state index in [1.165, 1.54) is 0 Å². The summed E-state index contributed by atoms with van der Waals surface area (Å²) in [7, 11) is 0. The van der Waals surface area contributed by atoms with Gasteiger partial charge in [0.25, 0.3) is 5.56 Å². The quantitative estimate of drug-likeness (QED) is 0.783. The van der Waals surface area contributed by atoms with Crippen LogP contribution < -0.4 is 10.5 Å². The van der Waals surface area contributed by atoms with Crippen LogP contribution in [0.5, 0.6) is 5.75 Å². The van der Waals surface area contributed by atoms with E-state index in [1.807, 2.05) is 31.2 Å². The Kier molecular flexibility index (Phi) is 4.34. The Labute approximate surface area is 151 Å². The van der Waals surface area contributed by atoms with Crippen molar-refractivity contribution in [3.63, 3.8) is 0 Å². The van der Waals surface area contributed by atoms with Gasteiger partial charge in [0.2, 0.25) is 0 Å². The van der Waals surface area contributed by atoms with E-state index in [1.54, 1.807) is 28.8 Å². The van der Waals surface area contributed by atoms with Gasteiger partial charge in [0.15, 0.2) is 0 Å². The van der Waals surface area contributed by atoms with Gasteiger partial charge in [-0.1, -0.05) is 6.07 Å². The first-order valence-electron chi connectivity index (χ1n) is 8.84. The monoisotopic (exact) mass is 350 g/mol. The summed E-state index contributed by atoms with van der Waals surface area (Å²) in [6.07, 6.45) is 1.76. The smallest absolute Gasteiger partial charge is 0.258 e. The minimum absolute atomic E-state index is 0.0311. The Morgan fingerprint density at radius 1 is 1.08 bits per heavy atom. The van der Waals surface area contributed by atoms with Gasteiger partial charge in [-0.3, -0.25) is 14.1 Å². The average molecular weight is 350 g/mol. The average Bonchev–Trinajstić information content (AvgIpc) is 2.64. The van der Waals surface area contributed by atoms with E-state index < -0.39 is 0 Å². The van der Waals surface area contributed by atoms with Crippen molar-refractivity contribution in [1.29, 1.82) is 0 Å². The highest BCUT2D eigenvalue weighted by atomic mass is 16.3. The Morgan fingerprint density at radius 2 is 1.81 bits per heavy atom. The predicted molar refractivity (Wildman–Crippen MR) is 102 cm³/mol. The van der Waals surface area contributed by atoms with Gasteiger partial charge in [-0.2, -0.15) is 0 Å². The van der Waals surface area contributed by atoms with Gasteiger partial charge in [0.05, 0.1) is 5.69 Å². The first-order chi connectivity index (χ1) is 12.6. The maximum atomic E-state index is 12.3. The van der Waals surface area contributed by atoms with E-state index in [9.17, 15) is 9.90 Å². The Morgan fingerprint density at radius 3 is 2.54 bits per heavy atom. The zero-order valence-electron chi connectivity index (χ0n) is 14.8. The molecule has 0 amide bonds. The molecule has 1 N–H and O–H groups in total. The second kappa shape index (κ2) is 6.80. The van der Waals surface area contributed by atoms with Crippen LogP contribution in [0.25, 0.3) is 5.65 Å². The van der Waals surface area contributed by atoms with Gasteiger partial charge in [0, 0.05) is 50.7 Å². The first-order valence-corrected chi connectivity index (χ1v) is 8.84. The normalized spacial score (nSPS) is 15.5. The summed E-state index contributed by atoms with van der Waals surface area (Å²) in [4.78, 5) is 21.7. The fraction of sp³-hybridized carbons (Fsp3) is 0.300. The number of phenols is 1. The number of anilines is 1. The molecule has 1 aliphatic heterocycles. The van der Waals surface area contributed by atoms with Gasteiger partial charge >= 0.3 is 0 Å². The fourth-order valence-electron chi connectivity index (χ4n) is 3.45. The van der Waals surface area contributed by atoms with E-state index >= 15 is 0 Å². The largest absolute Gasteiger partial charge is 0.508 e. The standard InChI is InChI=1S/C20H22N4O2/c1-15-3-2-8-24-19(26)13-16(21-20(15)24)14-22-9-11-23(12-10-22)17-4-6-18(25)7-5-17/h2-8,13,25H,9-12,14H2,1H3. The number of aromatic nitrogens is 2. The van der Waals surface area contributed by atoms with Crippen molar-refractivity contribution < 1.29 is 5.11 Å². The molecule has 2 aromatic heterocycles. The lowest BCUT2D eigenvalue weighted by molar-refractivity contribution is 0.247. The third kappa shape index (κ3) is 3.28. The lowest BCUT2D eigenvalue weighted by atomic mass is 10.2. The van der Waals surface area contributed by atoms with Crippen molar-refractivity contribution in [3.05, 3.63) is 70.3 Å². The van der Waals surface area contributed by atoms with E-state index in [2.05, 4.69) is 9.80 Å². The van der Waals surface area contributed by atoms with Gasteiger partial charge < -0.3 is 10.0 Å². The summed E-state index contributed by atoms with van der Waals surface area (Å²) in [5, 5.41) is 9.42. The molecular formula is C20H22N4O2. The lowest BCUT2D eigenvalue weighted by Gasteiger charge is -2.36. The second-order valence-corrected chi connectivity index (χ2v) is 6.75. The number of hydrogen-bond donors (Lipinski definition) is 1. The predicted octanol–water partition coefficient (Wildman–Crippen LogP) is 2.03. The number of piperazine rings is 1. The van der Waals surface area contributed by atoms with Crippen molar-refractivity contribution in [1.82, 2.24) is 14.3 Å². The molecule has 1 aromatic carbocycles. The zero-order valence-corrected chi connectivity index (χ0v) is 14.8. The highest BCUT2D eigenvalue weighted by Gasteiger charge is 2.18. The van der Waals surface area contributed by atoms with Crippen LogP contribution in [0.4, 0.5) is 5.69 Å². The number of fused-ring (bicyclic) bond motifs is 1. The van der Waals surface area contributed by atoms with Crippen molar-refractivity contribution in [2.45, 2.75) is 13.5 Å². The summed E-state index contributed by atoms with van der Waals surface area (Å²) in [5.41, 5.74) is 3.65.